The third kappa shape index (κ3) is 3.33. The first-order valence-corrected chi connectivity index (χ1v) is 8.57. The van der Waals surface area contributed by atoms with Gasteiger partial charge in [-0.2, -0.15) is 0 Å². The summed E-state index contributed by atoms with van der Waals surface area (Å²) in [6.45, 7) is 8.93. The molecule has 4 nitrogen and oxygen atoms in total. The van der Waals surface area contributed by atoms with Crippen molar-refractivity contribution < 1.29 is 8.42 Å². The molecule has 0 bridgehead atoms. The summed E-state index contributed by atoms with van der Waals surface area (Å²) in [7, 11) is -3.45. The van der Waals surface area contributed by atoms with Gasteiger partial charge < -0.3 is 5.32 Å². The van der Waals surface area contributed by atoms with Gasteiger partial charge in [-0.1, -0.05) is 20.8 Å². The largest absolute Gasteiger partial charge is 0.385 e. The first-order valence-electron chi connectivity index (χ1n) is 7.09. The number of fused-ring (bicyclic) bond motifs is 1. The molecule has 2 rings (SSSR count). The van der Waals surface area contributed by atoms with Crippen molar-refractivity contribution in [3.63, 3.8) is 0 Å². The van der Waals surface area contributed by atoms with Crippen LogP contribution in [0.2, 0.25) is 0 Å². The van der Waals surface area contributed by atoms with Gasteiger partial charge in [-0.15, -0.1) is 0 Å². The van der Waals surface area contributed by atoms with Gasteiger partial charge in [0.25, 0.3) is 0 Å². The highest BCUT2D eigenvalue weighted by atomic mass is 32.2. The summed E-state index contributed by atoms with van der Waals surface area (Å²) in [5.41, 5.74) is 2.03. The second-order valence-electron chi connectivity index (χ2n) is 6.56. The highest BCUT2D eigenvalue weighted by Crippen LogP contribution is 2.26. The van der Waals surface area contributed by atoms with Crippen molar-refractivity contribution in [3.05, 3.63) is 23.8 Å². The van der Waals surface area contributed by atoms with Crippen molar-refractivity contribution >= 4 is 15.7 Å². The molecular weight excluding hydrogens is 272 g/mol. The molecule has 1 unspecified atom stereocenters. The van der Waals surface area contributed by atoms with Crippen molar-refractivity contribution in [2.24, 2.45) is 5.41 Å². The Balaban J connectivity index is 2.26. The summed E-state index contributed by atoms with van der Waals surface area (Å²) in [5.74, 6) is 0. The first-order chi connectivity index (χ1) is 9.20. The number of aryl methyl sites for hydroxylation is 1. The van der Waals surface area contributed by atoms with Crippen molar-refractivity contribution in [2.75, 3.05) is 11.9 Å². The Hall–Kier alpha value is -1.07. The zero-order valence-corrected chi connectivity index (χ0v) is 13.5. The lowest BCUT2D eigenvalue weighted by molar-refractivity contribution is 0.317. The smallest absolute Gasteiger partial charge is 0.240 e. The van der Waals surface area contributed by atoms with E-state index in [0.29, 0.717) is 4.90 Å². The first kappa shape index (κ1) is 15.3. The molecule has 0 radical (unpaired) electrons. The van der Waals surface area contributed by atoms with Crippen LogP contribution in [-0.2, 0) is 16.4 Å². The molecular formula is C15H24N2O2S. The van der Waals surface area contributed by atoms with E-state index in [1.165, 1.54) is 0 Å². The zero-order chi connectivity index (χ0) is 15.0. The Kier molecular flexibility index (Phi) is 4.12. The minimum atomic E-state index is -3.45. The van der Waals surface area contributed by atoms with Crippen LogP contribution in [0.1, 0.15) is 39.7 Å². The molecule has 20 heavy (non-hydrogen) atoms. The average Bonchev–Trinajstić information content (AvgIpc) is 2.36. The van der Waals surface area contributed by atoms with Crippen molar-refractivity contribution in [3.8, 4) is 0 Å². The van der Waals surface area contributed by atoms with Gasteiger partial charge in [-0.3, -0.25) is 0 Å². The van der Waals surface area contributed by atoms with Crippen LogP contribution in [0.4, 0.5) is 5.69 Å². The molecule has 1 aromatic carbocycles. The maximum atomic E-state index is 12.4. The fourth-order valence-corrected chi connectivity index (χ4v) is 3.60. The lowest BCUT2D eigenvalue weighted by atomic mass is 9.89. The SMILES string of the molecule is CC(NS(=O)(=O)c1ccc2c(c1)CCCN2)C(C)(C)C. The quantitative estimate of drug-likeness (QED) is 0.901. The highest BCUT2D eigenvalue weighted by Gasteiger charge is 2.26. The van der Waals surface area contributed by atoms with Gasteiger partial charge in [0.1, 0.15) is 0 Å². The number of rotatable bonds is 3. The molecule has 0 amide bonds. The molecule has 0 spiro atoms. The normalized spacial score (nSPS) is 17.2. The molecule has 1 heterocycles. The fourth-order valence-electron chi connectivity index (χ4n) is 2.10. The van der Waals surface area contributed by atoms with Crippen LogP contribution in [0.25, 0.3) is 0 Å². The second-order valence-corrected chi connectivity index (χ2v) is 8.27. The highest BCUT2D eigenvalue weighted by molar-refractivity contribution is 7.89. The molecule has 5 heteroatoms. The molecule has 0 aliphatic carbocycles. The molecule has 1 atom stereocenters. The van der Waals surface area contributed by atoms with Crippen LogP contribution in [0.3, 0.4) is 0 Å². The Morgan fingerprint density at radius 3 is 2.65 bits per heavy atom. The summed E-state index contributed by atoms with van der Waals surface area (Å²) in [6.07, 6.45) is 1.98. The molecule has 0 fully saturated rings. The Morgan fingerprint density at radius 2 is 2.00 bits per heavy atom. The standard InChI is InChI=1S/C15H24N2O2S/c1-11(15(2,3)4)17-20(18,19)13-7-8-14-12(10-13)6-5-9-16-14/h7-8,10-11,16-17H,5-6,9H2,1-4H3. The number of sulfonamides is 1. The summed E-state index contributed by atoms with van der Waals surface area (Å²) >= 11 is 0. The molecule has 0 aromatic heterocycles. The number of hydrogen-bond donors (Lipinski definition) is 2. The van der Waals surface area contributed by atoms with E-state index in [2.05, 4.69) is 10.0 Å². The Morgan fingerprint density at radius 1 is 1.30 bits per heavy atom. The van der Waals surface area contributed by atoms with Crippen LogP contribution in [0, 0.1) is 5.41 Å². The molecule has 1 aliphatic rings. The van der Waals surface area contributed by atoms with E-state index in [1.807, 2.05) is 33.8 Å². The van der Waals surface area contributed by atoms with Gasteiger partial charge in [-0.25, -0.2) is 13.1 Å². The van der Waals surface area contributed by atoms with Gasteiger partial charge in [-0.05, 0) is 48.9 Å². The summed E-state index contributed by atoms with van der Waals surface area (Å²) in [6, 6.07) is 5.21. The Bertz CT molecular complexity index is 588. The fraction of sp³-hybridized carbons (Fsp3) is 0.600. The van der Waals surface area contributed by atoms with Crippen molar-refractivity contribution in [2.45, 2.75) is 51.5 Å². The summed E-state index contributed by atoms with van der Waals surface area (Å²) in [4.78, 5) is 0.357. The topological polar surface area (TPSA) is 58.2 Å². The number of anilines is 1. The number of hydrogen-bond acceptors (Lipinski definition) is 3. The van der Waals surface area contributed by atoms with E-state index in [1.54, 1.807) is 12.1 Å². The molecule has 1 aliphatic heterocycles. The van der Waals surface area contributed by atoms with Crippen molar-refractivity contribution in [1.29, 1.82) is 0 Å². The molecule has 2 N–H and O–H groups in total. The maximum absolute atomic E-state index is 12.4. The van der Waals surface area contributed by atoms with Crippen LogP contribution < -0.4 is 10.0 Å². The second kappa shape index (κ2) is 5.37. The van der Waals surface area contributed by atoms with Crippen LogP contribution in [0.15, 0.2) is 23.1 Å². The van der Waals surface area contributed by atoms with Crippen LogP contribution >= 0.6 is 0 Å². The van der Waals surface area contributed by atoms with Gasteiger partial charge in [0.15, 0.2) is 0 Å². The van der Waals surface area contributed by atoms with E-state index >= 15 is 0 Å². The molecule has 0 saturated heterocycles. The number of benzene rings is 1. The third-order valence-electron chi connectivity index (χ3n) is 3.96. The van der Waals surface area contributed by atoms with Crippen LogP contribution in [-0.4, -0.2) is 21.0 Å². The van der Waals surface area contributed by atoms with E-state index in [-0.39, 0.29) is 11.5 Å². The van der Waals surface area contributed by atoms with E-state index in [9.17, 15) is 8.42 Å². The van der Waals surface area contributed by atoms with E-state index < -0.39 is 10.0 Å². The number of nitrogens with one attached hydrogen (secondary N) is 2. The molecule has 0 saturated carbocycles. The van der Waals surface area contributed by atoms with Crippen LogP contribution in [0.5, 0.6) is 0 Å². The average molecular weight is 296 g/mol. The van der Waals surface area contributed by atoms with Gasteiger partial charge in [0, 0.05) is 18.3 Å². The minimum absolute atomic E-state index is 0.108. The van der Waals surface area contributed by atoms with E-state index in [4.69, 9.17) is 0 Å². The van der Waals surface area contributed by atoms with Crippen molar-refractivity contribution in [1.82, 2.24) is 4.72 Å². The lowest BCUT2D eigenvalue weighted by Crippen LogP contribution is -2.41. The zero-order valence-electron chi connectivity index (χ0n) is 12.7. The Labute approximate surface area is 122 Å². The maximum Gasteiger partial charge on any atom is 0.240 e. The minimum Gasteiger partial charge on any atom is -0.385 e. The van der Waals surface area contributed by atoms with E-state index in [0.717, 1.165) is 30.6 Å². The monoisotopic (exact) mass is 296 g/mol. The lowest BCUT2D eigenvalue weighted by Gasteiger charge is -2.28. The van der Waals surface area contributed by atoms with Gasteiger partial charge in [0.2, 0.25) is 10.0 Å². The molecule has 112 valence electrons. The van der Waals surface area contributed by atoms with Gasteiger partial charge in [0.05, 0.1) is 4.90 Å². The van der Waals surface area contributed by atoms with Gasteiger partial charge >= 0.3 is 0 Å². The predicted molar refractivity (Wildman–Crippen MR) is 82.5 cm³/mol. The predicted octanol–water partition coefficient (Wildman–Crippen LogP) is 2.76. The summed E-state index contributed by atoms with van der Waals surface area (Å²) in [5, 5.41) is 3.29. The molecule has 1 aromatic rings. The summed E-state index contributed by atoms with van der Waals surface area (Å²) < 4.78 is 27.7. The third-order valence-corrected chi connectivity index (χ3v) is 5.49.